The van der Waals surface area contributed by atoms with E-state index in [4.69, 9.17) is 5.11 Å². The zero-order valence-electron chi connectivity index (χ0n) is 11.8. The van der Waals surface area contributed by atoms with E-state index in [1.54, 1.807) is 0 Å². The summed E-state index contributed by atoms with van der Waals surface area (Å²) in [7, 11) is 4.23. The van der Waals surface area contributed by atoms with Crippen molar-refractivity contribution < 1.29 is 9.90 Å². The number of aliphatic carboxylic acids is 1. The smallest absolute Gasteiger partial charge is 0.313 e. The van der Waals surface area contributed by atoms with Gasteiger partial charge < -0.3 is 14.9 Å². The first-order valence-electron chi connectivity index (χ1n) is 6.62. The molecule has 0 radical (unpaired) electrons. The first-order valence-corrected chi connectivity index (χ1v) is 8.42. The molecule has 2 rings (SSSR count). The molecule has 8 heteroatoms. The fraction of sp³-hybridized carbons (Fsp3) is 0.750. The number of thioether (sulfide) groups is 1. The third-order valence-corrected chi connectivity index (χ3v) is 5.33. The maximum atomic E-state index is 10.5. The summed E-state index contributed by atoms with van der Waals surface area (Å²) in [4.78, 5) is 15.0. The predicted molar refractivity (Wildman–Crippen MR) is 81.8 cm³/mol. The van der Waals surface area contributed by atoms with Crippen molar-refractivity contribution in [3.8, 4) is 0 Å². The molecule has 1 aromatic rings. The minimum atomic E-state index is -0.823. The fourth-order valence-electron chi connectivity index (χ4n) is 2.34. The highest BCUT2D eigenvalue weighted by Gasteiger charge is 2.22. The van der Waals surface area contributed by atoms with E-state index < -0.39 is 5.97 Å². The number of rotatable bonds is 6. The fourth-order valence-corrected chi connectivity index (χ4v) is 3.95. The summed E-state index contributed by atoms with van der Waals surface area (Å²) in [5, 5.41) is 17.8. The van der Waals surface area contributed by atoms with Gasteiger partial charge in [-0.25, -0.2) is 0 Å². The average molecular weight is 316 g/mol. The number of aromatic nitrogens is 2. The van der Waals surface area contributed by atoms with Gasteiger partial charge in [0.05, 0.1) is 5.75 Å². The standard InChI is InChI=1S/C12H20N4O2S2/c1-15(2)7-9-3-5-16(6-4-9)11-13-14-12(20-11)19-8-10(17)18/h9H,3-8H2,1-2H3,(H,17,18). The Morgan fingerprint density at radius 2 is 2.15 bits per heavy atom. The Bertz CT molecular complexity index is 444. The second kappa shape index (κ2) is 7.24. The van der Waals surface area contributed by atoms with Crippen molar-refractivity contribution in [2.45, 2.75) is 17.2 Å². The van der Waals surface area contributed by atoms with Gasteiger partial charge in [-0.15, -0.1) is 10.2 Å². The minimum Gasteiger partial charge on any atom is -0.481 e. The van der Waals surface area contributed by atoms with E-state index in [0.29, 0.717) is 0 Å². The summed E-state index contributed by atoms with van der Waals surface area (Å²) in [5.41, 5.74) is 0. The lowest BCUT2D eigenvalue weighted by Gasteiger charge is -2.32. The third kappa shape index (κ3) is 4.60. The number of anilines is 1. The molecule has 1 N–H and O–H groups in total. The molecule has 0 saturated carbocycles. The van der Waals surface area contributed by atoms with Crippen LogP contribution in [-0.2, 0) is 4.79 Å². The first-order chi connectivity index (χ1) is 9.54. The molecule has 2 heterocycles. The molecular formula is C12H20N4O2S2. The van der Waals surface area contributed by atoms with Crippen molar-refractivity contribution in [1.82, 2.24) is 15.1 Å². The van der Waals surface area contributed by atoms with Gasteiger partial charge in [0.2, 0.25) is 5.13 Å². The number of piperidine rings is 1. The molecule has 1 aromatic heterocycles. The van der Waals surface area contributed by atoms with Gasteiger partial charge in [-0.3, -0.25) is 4.79 Å². The summed E-state index contributed by atoms with van der Waals surface area (Å²) in [6, 6.07) is 0. The molecule has 6 nitrogen and oxygen atoms in total. The summed E-state index contributed by atoms with van der Waals surface area (Å²) in [6.07, 6.45) is 2.35. The molecule has 0 unspecified atom stereocenters. The van der Waals surface area contributed by atoms with E-state index in [-0.39, 0.29) is 5.75 Å². The molecule has 0 aliphatic carbocycles. The molecule has 0 spiro atoms. The zero-order valence-corrected chi connectivity index (χ0v) is 13.4. The van der Waals surface area contributed by atoms with Gasteiger partial charge >= 0.3 is 5.97 Å². The predicted octanol–water partition coefficient (Wildman–Crippen LogP) is 1.49. The number of hydrogen-bond donors (Lipinski definition) is 1. The SMILES string of the molecule is CN(C)CC1CCN(c2nnc(SCC(=O)O)s2)CC1. The maximum Gasteiger partial charge on any atom is 0.313 e. The van der Waals surface area contributed by atoms with Gasteiger partial charge in [-0.05, 0) is 32.9 Å². The van der Waals surface area contributed by atoms with Crippen LogP contribution < -0.4 is 4.90 Å². The lowest BCUT2D eigenvalue weighted by molar-refractivity contribution is -0.133. The van der Waals surface area contributed by atoms with Crippen molar-refractivity contribution in [1.29, 1.82) is 0 Å². The third-order valence-electron chi connectivity index (χ3n) is 3.22. The molecule has 1 saturated heterocycles. The van der Waals surface area contributed by atoms with Crippen LogP contribution in [0.25, 0.3) is 0 Å². The van der Waals surface area contributed by atoms with Crippen LogP contribution in [0.2, 0.25) is 0 Å². The largest absolute Gasteiger partial charge is 0.481 e. The van der Waals surface area contributed by atoms with Crippen LogP contribution in [-0.4, -0.2) is 65.7 Å². The Kier molecular flexibility index (Phi) is 5.62. The van der Waals surface area contributed by atoms with E-state index in [9.17, 15) is 4.79 Å². The van der Waals surface area contributed by atoms with Crippen molar-refractivity contribution in [3.63, 3.8) is 0 Å². The average Bonchev–Trinajstić information content (AvgIpc) is 2.85. The molecule has 112 valence electrons. The van der Waals surface area contributed by atoms with E-state index in [2.05, 4.69) is 34.1 Å². The minimum absolute atomic E-state index is 0.0412. The normalized spacial score (nSPS) is 16.9. The number of hydrogen-bond acceptors (Lipinski definition) is 7. The molecule has 0 bridgehead atoms. The summed E-state index contributed by atoms with van der Waals surface area (Å²) < 4.78 is 0.734. The monoisotopic (exact) mass is 316 g/mol. The molecule has 20 heavy (non-hydrogen) atoms. The van der Waals surface area contributed by atoms with E-state index in [1.807, 2.05) is 0 Å². The molecular weight excluding hydrogens is 296 g/mol. The number of nitrogens with zero attached hydrogens (tertiary/aromatic N) is 4. The summed E-state index contributed by atoms with van der Waals surface area (Å²) >= 11 is 2.72. The Hall–Kier alpha value is -0.860. The van der Waals surface area contributed by atoms with Gasteiger partial charge in [0, 0.05) is 19.6 Å². The van der Waals surface area contributed by atoms with Gasteiger partial charge in [0.1, 0.15) is 0 Å². The molecule has 1 fully saturated rings. The van der Waals surface area contributed by atoms with Crippen molar-refractivity contribution >= 4 is 34.2 Å². The van der Waals surface area contributed by atoms with Crippen LogP contribution in [0.4, 0.5) is 5.13 Å². The van der Waals surface area contributed by atoms with E-state index in [0.717, 1.165) is 35.0 Å². The summed E-state index contributed by atoms with van der Waals surface area (Å²) in [6.45, 7) is 3.16. The molecule has 1 aliphatic rings. The van der Waals surface area contributed by atoms with E-state index in [1.165, 1.54) is 35.9 Å². The Labute approximate surface area is 127 Å². The highest BCUT2D eigenvalue weighted by molar-refractivity contribution is 8.01. The highest BCUT2D eigenvalue weighted by atomic mass is 32.2. The zero-order chi connectivity index (χ0) is 14.5. The number of carbonyl (C=O) groups is 1. The lowest BCUT2D eigenvalue weighted by atomic mass is 9.97. The second-order valence-corrected chi connectivity index (χ2v) is 7.40. The number of carboxylic acid groups (broad SMARTS) is 1. The topological polar surface area (TPSA) is 69.6 Å². The molecule has 0 atom stereocenters. The van der Waals surface area contributed by atoms with Crippen molar-refractivity contribution in [2.75, 3.05) is 44.4 Å². The Balaban J connectivity index is 1.83. The Morgan fingerprint density at radius 3 is 2.75 bits per heavy atom. The van der Waals surface area contributed by atoms with E-state index >= 15 is 0 Å². The molecule has 0 amide bonds. The second-order valence-electron chi connectivity index (χ2n) is 5.23. The van der Waals surface area contributed by atoms with Gasteiger partial charge in [-0.1, -0.05) is 23.1 Å². The Morgan fingerprint density at radius 1 is 1.45 bits per heavy atom. The van der Waals surface area contributed by atoms with Crippen molar-refractivity contribution in [2.24, 2.45) is 5.92 Å². The van der Waals surface area contributed by atoms with Crippen LogP contribution in [0.3, 0.4) is 0 Å². The van der Waals surface area contributed by atoms with Crippen molar-refractivity contribution in [3.05, 3.63) is 0 Å². The highest BCUT2D eigenvalue weighted by Crippen LogP contribution is 2.30. The maximum absolute atomic E-state index is 10.5. The summed E-state index contributed by atoms with van der Waals surface area (Å²) in [5.74, 6) is -0.0224. The van der Waals surface area contributed by atoms with Crippen LogP contribution in [0.1, 0.15) is 12.8 Å². The first kappa shape index (κ1) is 15.5. The molecule has 1 aliphatic heterocycles. The quantitative estimate of drug-likeness (QED) is 0.797. The lowest BCUT2D eigenvalue weighted by Crippen LogP contribution is -2.37. The van der Waals surface area contributed by atoms with Crippen LogP contribution in [0.15, 0.2) is 4.34 Å². The molecule has 0 aromatic carbocycles. The van der Waals surface area contributed by atoms with Crippen LogP contribution in [0, 0.1) is 5.92 Å². The number of carboxylic acids is 1. The van der Waals surface area contributed by atoms with Crippen LogP contribution >= 0.6 is 23.1 Å². The van der Waals surface area contributed by atoms with Gasteiger partial charge in [0.15, 0.2) is 4.34 Å². The van der Waals surface area contributed by atoms with Crippen LogP contribution in [0.5, 0.6) is 0 Å². The van der Waals surface area contributed by atoms with Gasteiger partial charge in [0.25, 0.3) is 0 Å². The van der Waals surface area contributed by atoms with Gasteiger partial charge in [-0.2, -0.15) is 0 Å².